The number of piperazine rings is 1. The van der Waals surface area contributed by atoms with Crippen molar-refractivity contribution in [3.05, 3.63) is 23.3 Å². The summed E-state index contributed by atoms with van der Waals surface area (Å²) in [6.45, 7) is 9.65. The predicted octanol–water partition coefficient (Wildman–Crippen LogP) is 2.82. The molecule has 29 heavy (non-hydrogen) atoms. The molecule has 1 aromatic carbocycles. The van der Waals surface area contributed by atoms with E-state index in [4.69, 9.17) is 9.47 Å². The van der Waals surface area contributed by atoms with Crippen molar-refractivity contribution < 1.29 is 14.3 Å². The standard InChI is InChI=1S/C23H37N3O3/c1-17-5-7-20(8-6-17)24-23(27)16-26-11-9-25(10-12-26)15-19-14-22(29-4)21(28-3)13-18(19)2/h13-14,17,20H,5-12,15-16H2,1-4H3,(H,24,27). The third kappa shape index (κ3) is 6.09. The molecule has 1 aliphatic carbocycles. The molecule has 1 amide bonds. The number of carbonyl (C=O) groups is 1. The summed E-state index contributed by atoms with van der Waals surface area (Å²) in [4.78, 5) is 17.1. The molecule has 0 spiro atoms. The molecule has 162 valence electrons. The van der Waals surface area contributed by atoms with Gasteiger partial charge in [-0.2, -0.15) is 0 Å². The van der Waals surface area contributed by atoms with Crippen LogP contribution >= 0.6 is 0 Å². The fourth-order valence-corrected chi connectivity index (χ4v) is 4.42. The van der Waals surface area contributed by atoms with E-state index in [0.717, 1.165) is 63.0 Å². The maximum absolute atomic E-state index is 12.4. The number of ether oxygens (including phenoxy) is 2. The van der Waals surface area contributed by atoms with E-state index in [1.54, 1.807) is 14.2 Å². The average Bonchev–Trinajstić information content (AvgIpc) is 2.72. The number of methoxy groups -OCH3 is 2. The van der Waals surface area contributed by atoms with Crippen molar-refractivity contribution >= 4 is 5.91 Å². The van der Waals surface area contributed by atoms with Crippen LogP contribution in [-0.2, 0) is 11.3 Å². The fourth-order valence-electron chi connectivity index (χ4n) is 4.42. The molecule has 0 atom stereocenters. The van der Waals surface area contributed by atoms with Gasteiger partial charge in [-0.25, -0.2) is 0 Å². The van der Waals surface area contributed by atoms with Gasteiger partial charge in [0.05, 0.1) is 20.8 Å². The summed E-state index contributed by atoms with van der Waals surface area (Å²) in [7, 11) is 3.34. The lowest BCUT2D eigenvalue weighted by atomic mass is 9.87. The summed E-state index contributed by atoms with van der Waals surface area (Å²) in [5.74, 6) is 2.55. The number of rotatable bonds is 7. The first-order valence-corrected chi connectivity index (χ1v) is 10.9. The molecule has 1 N–H and O–H groups in total. The summed E-state index contributed by atoms with van der Waals surface area (Å²) in [5.41, 5.74) is 2.48. The van der Waals surface area contributed by atoms with E-state index in [-0.39, 0.29) is 5.91 Å². The molecule has 3 rings (SSSR count). The topological polar surface area (TPSA) is 54.0 Å². The van der Waals surface area contributed by atoms with Crippen molar-refractivity contribution in [2.24, 2.45) is 5.92 Å². The number of carbonyl (C=O) groups excluding carboxylic acids is 1. The minimum Gasteiger partial charge on any atom is -0.493 e. The highest BCUT2D eigenvalue weighted by Crippen LogP contribution is 2.31. The Kier molecular flexibility index (Phi) is 7.78. The summed E-state index contributed by atoms with van der Waals surface area (Å²) in [5, 5.41) is 3.25. The van der Waals surface area contributed by atoms with E-state index in [1.165, 1.54) is 24.0 Å². The van der Waals surface area contributed by atoms with Crippen LogP contribution in [0.3, 0.4) is 0 Å². The smallest absolute Gasteiger partial charge is 0.234 e. The lowest BCUT2D eigenvalue weighted by Crippen LogP contribution is -2.50. The van der Waals surface area contributed by atoms with Crippen LogP contribution < -0.4 is 14.8 Å². The highest BCUT2D eigenvalue weighted by atomic mass is 16.5. The van der Waals surface area contributed by atoms with Crippen LogP contribution in [-0.4, -0.2) is 68.7 Å². The highest BCUT2D eigenvalue weighted by Gasteiger charge is 2.23. The summed E-state index contributed by atoms with van der Waals surface area (Å²) in [6, 6.07) is 4.51. The first kappa shape index (κ1) is 21.9. The van der Waals surface area contributed by atoms with Gasteiger partial charge >= 0.3 is 0 Å². The van der Waals surface area contributed by atoms with Crippen LogP contribution in [0.2, 0.25) is 0 Å². The van der Waals surface area contributed by atoms with Crippen molar-refractivity contribution in [3.63, 3.8) is 0 Å². The third-order valence-electron chi connectivity index (χ3n) is 6.45. The number of aryl methyl sites for hydroxylation is 1. The summed E-state index contributed by atoms with van der Waals surface area (Å²) >= 11 is 0. The molecule has 6 nitrogen and oxygen atoms in total. The molecule has 6 heteroatoms. The molecule has 1 aliphatic heterocycles. The Morgan fingerprint density at radius 3 is 2.21 bits per heavy atom. The van der Waals surface area contributed by atoms with Crippen LogP contribution in [0.25, 0.3) is 0 Å². The Labute approximate surface area is 175 Å². The van der Waals surface area contributed by atoms with Gasteiger partial charge in [0.15, 0.2) is 11.5 Å². The summed E-state index contributed by atoms with van der Waals surface area (Å²) in [6.07, 6.45) is 4.73. The predicted molar refractivity (Wildman–Crippen MR) is 116 cm³/mol. The first-order valence-electron chi connectivity index (χ1n) is 10.9. The van der Waals surface area contributed by atoms with Gasteiger partial charge in [-0.3, -0.25) is 14.6 Å². The van der Waals surface area contributed by atoms with E-state index in [0.29, 0.717) is 12.6 Å². The van der Waals surface area contributed by atoms with Gasteiger partial charge in [-0.05, 0) is 61.8 Å². The molecule has 1 heterocycles. The van der Waals surface area contributed by atoms with E-state index >= 15 is 0 Å². The second kappa shape index (κ2) is 10.3. The Hall–Kier alpha value is -1.79. The van der Waals surface area contributed by atoms with E-state index in [1.807, 2.05) is 6.07 Å². The zero-order chi connectivity index (χ0) is 20.8. The monoisotopic (exact) mass is 403 g/mol. The molecular formula is C23H37N3O3. The molecule has 0 aromatic heterocycles. The Morgan fingerprint density at radius 1 is 1.00 bits per heavy atom. The average molecular weight is 404 g/mol. The number of hydrogen-bond donors (Lipinski definition) is 1. The van der Waals surface area contributed by atoms with Crippen molar-refractivity contribution in [1.29, 1.82) is 0 Å². The molecule has 1 saturated heterocycles. The number of nitrogens with zero attached hydrogens (tertiary/aromatic N) is 2. The second-order valence-electron chi connectivity index (χ2n) is 8.71. The molecule has 2 fully saturated rings. The van der Waals surface area contributed by atoms with Gasteiger partial charge in [0.25, 0.3) is 0 Å². The van der Waals surface area contributed by atoms with Crippen LogP contribution in [0.15, 0.2) is 12.1 Å². The lowest BCUT2D eigenvalue weighted by molar-refractivity contribution is -0.123. The van der Waals surface area contributed by atoms with Gasteiger partial charge in [0.1, 0.15) is 0 Å². The largest absolute Gasteiger partial charge is 0.493 e. The van der Waals surface area contributed by atoms with Gasteiger partial charge in [0.2, 0.25) is 5.91 Å². The van der Waals surface area contributed by atoms with Gasteiger partial charge < -0.3 is 14.8 Å². The Balaban J connectivity index is 1.44. The normalized spacial score (nSPS) is 23.6. The Bertz CT molecular complexity index is 678. The van der Waals surface area contributed by atoms with E-state index in [9.17, 15) is 4.79 Å². The van der Waals surface area contributed by atoms with Crippen LogP contribution in [0.1, 0.15) is 43.7 Å². The van der Waals surface area contributed by atoms with Crippen molar-refractivity contribution in [3.8, 4) is 11.5 Å². The zero-order valence-corrected chi connectivity index (χ0v) is 18.5. The summed E-state index contributed by atoms with van der Waals surface area (Å²) < 4.78 is 10.8. The first-order chi connectivity index (χ1) is 14.0. The molecule has 1 saturated carbocycles. The Morgan fingerprint density at radius 2 is 1.59 bits per heavy atom. The van der Waals surface area contributed by atoms with Crippen LogP contribution in [0.4, 0.5) is 0 Å². The number of benzene rings is 1. The quantitative estimate of drug-likeness (QED) is 0.759. The number of hydrogen-bond acceptors (Lipinski definition) is 5. The minimum atomic E-state index is 0.189. The van der Waals surface area contributed by atoms with Crippen molar-refractivity contribution in [2.45, 2.75) is 52.1 Å². The second-order valence-corrected chi connectivity index (χ2v) is 8.71. The molecule has 2 aliphatic rings. The number of amides is 1. The fraction of sp³-hybridized carbons (Fsp3) is 0.696. The third-order valence-corrected chi connectivity index (χ3v) is 6.45. The maximum atomic E-state index is 12.4. The van der Waals surface area contributed by atoms with Crippen LogP contribution in [0.5, 0.6) is 11.5 Å². The highest BCUT2D eigenvalue weighted by molar-refractivity contribution is 5.78. The lowest BCUT2D eigenvalue weighted by Gasteiger charge is -2.35. The number of nitrogens with one attached hydrogen (secondary N) is 1. The van der Waals surface area contributed by atoms with Gasteiger partial charge in [-0.1, -0.05) is 6.92 Å². The van der Waals surface area contributed by atoms with Crippen molar-refractivity contribution in [2.75, 3.05) is 46.9 Å². The molecule has 0 bridgehead atoms. The van der Waals surface area contributed by atoms with Crippen LogP contribution in [0, 0.1) is 12.8 Å². The van der Waals surface area contributed by atoms with Gasteiger partial charge in [-0.15, -0.1) is 0 Å². The zero-order valence-electron chi connectivity index (χ0n) is 18.5. The van der Waals surface area contributed by atoms with Crippen molar-refractivity contribution in [1.82, 2.24) is 15.1 Å². The maximum Gasteiger partial charge on any atom is 0.234 e. The van der Waals surface area contributed by atoms with Gasteiger partial charge in [0, 0.05) is 38.8 Å². The molecule has 0 radical (unpaired) electrons. The van der Waals surface area contributed by atoms with E-state index < -0.39 is 0 Å². The molecular weight excluding hydrogens is 366 g/mol. The molecule has 1 aromatic rings. The SMILES string of the molecule is COc1cc(C)c(CN2CCN(CC(=O)NC3CCC(C)CC3)CC2)cc1OC. The van der Waals surface area contributed by atoms with E-state index in [2.05, 4.69) is 35.0 Å². The molecule has 0 unspecified atom stereocenters. The minimum absolute atomic E-state index is 0.189.